The van der Waals surface area contributed by atoms with E-state index in [9.17, 15) is 24.5 Å². The molecule has 45 heavy (non-hydrogen) atoms. The average molecular weight is 704 g/mol. The number of nitro groups is 1. The lowest BCUT2D eigenvalue weighted by atomic mass is 10.2. The van der Waals surface area contributed by atoms with Crippen molar-refractivity contribution in [3.8, 4) is 5.75 Å². The first-order chi connectivity index (χ1) is 21.7. The summed E-state index contributed by atoms with van der Waals surface area (Å²) in [7, 11) is 0. The Morgan fingerprint density at radius 2 is 1.73 bits per heavy atom. The van der Waals surface area contributed by atoms with Gasteiger partial charge in [-0.2, -0.15) is 5.10 Å². The zero-order valence-electron chi connectivity index (χ0n) is 22.9. The highest BCUT2D eigenvalue weighted by molar-refractivity contribution is 9.10. The van der Waals surface area contributed by atoms with Crippen LogP contribution in [-0.2, 0) is 4.79 Å². The number of nitro benzene ring substituents is 1. The summed E-state index contributed by atoms with van der Waals surface area (Å²) < 4.78 is 6.73. The second kappa shape index (κ2) is 14.1. The summed E-state index contributed by atoms with van der Waals surface area (Å²) in [6, 6.07) is 24.6. The molecule has 224 valence electrons. The minimum absolute atomic E-state index is 0.0816. The van der Waals surface area contributed by atoms with Crippen molar-refractivity contribution in [2.24, 2.45) is 5.10 Å². The molecular formula is C32H20BrClN4O6S. The predicted molar refractivity (Wildman–Crippen MR) is 178 cm³/mol. The van der Waals surface area contributed by atoms with Crippen LogP contribution >= 0.6 is 38.9 Å². The Bertz CT molecular complexity index is 1990. The van der Waals surface area contributed by atoms with Crippen molar-refractivity contribution in [2.45, 2.75) is 0 Å². The number of anilines is 1. The molecule has 0 aliphatic carbocycles. The predicted octanol–water partition coefficient (Wildman–Crippen LogP) is 7.86. The first kappa shape index (κ1) is 31.3. The van der Waals surface area contributed by atoms with Gasteiger partial charge in [0.15, 0.2) is 0 Å². The third-order valence-corrected chi connectivity index (χ3v) is 8.33. The van der Waals surface area contributed by atoms with Crippen molar-refractivity contribution in [3.05, 3.63) is 138 Å². The van der Waals surface area contributed by atoms with Gasteiger partial charge < -0.3 is 10.1 Å². The number of nitrogens with one attached hydrogen (secondary N) is 2. The number of thiophene rings is 1. The number of hydrazone groups is 1. The molecule has 0 saturated carbocycles. The molecule has 0 spiro atoms. The lowest BCUT2D eigenvalue weighted by molar-refractivity contribution is -0.384. The third kappa shape index (κ3) is 7.87. The molecule has 0 aliphatic rings. The van der Waals surface area contributed by atoms with Crippen LogP contribution in [0.25, 0.3) is 16.2 Å². The Hall–Kier alpha value is -5.17. The molecule has 2 N–H and O–H groups in total. The second-order valence-electron chi connectivity index (χ2n) is 9.26. The van der Waals surface area contributed by atoms with Gasteiger partial charge in [0.05, 0.1) is 16.2 Å². The number of halogens is 2. The van der Waals surface area contributed by atoms with Gasteiger partial charge in [-0.3, -0.25) is 19.7 Å². The van der Waals surface area contributed by atoms with Gasteiger partial charge in [-0.15, -0.1) is 11.3 Å². The van der Waals surface area contributed by atoms with E-state index >= 15 is 0 Å². The Balaban J connectivity index is 1.22. The minimum atomic E-state index is -0.757. The summed E-state index contributed by atoms with van der Waals surface area (Å²) in [5.74, 6) is -1.44. The summed E-state index contributed by atoms with van der Waals surface area (Å²) >= 11 is 10.7. The van der Waals surface area contributed by atoms with Crippen LogP contribution in [0, 0.1) is 10.1 Å². The average Bonchev–Trinajstić information content (AvgIpc) is 3.37. The summed E-state index contributed by atoms with van der Waals surface area (Å²) in [6.45, 7) is 0. The highest BCUT2D eigenvalue weighted by Gasteiger charge is 2.22. The molecule has 2 amide bonds. The quantitative estimate of drug-likeness (QED) is 0.0400. The maximum atomic E-state index is 13.0. The summed E-state index contributed by atoms with van der Waals surface area (Å²) in [5.41, 5.74) is 4.37. The first-order valence-electron chi connectivity index (χ1n) is 13.0. The third-order valence-electron chi connectivity index (χ3n) is 6.19. The Morgan fingerprint density at radius 1 is 0.978 bits per heavy atom. The van der Waals surface area contributed by atoms with E-state index in [0.717, 1.165) is 16.9 Å². The zero-order valence-corrected chi connectivity index (χ0v) is 26.1. The number of ether oxygens (including phenoxy) is 1. The van der Waals surface area contributed by atoms with Crippen LogP contribution in [0.15, 0.2) is 107 Å². The van der Waals surface area contributed by atoms with Gasteiger partial charge in [-0.1, -0.05) is 57.9 Å². The van der Waals surface area contributed by atoms with Crippen molar-refractivity contribution in [1.29, 1.82) is 0 Å². The van der Waals surface area contributed by atoms with Gasteiger partial charge in [0.2, 0.25) is 5.91 Å². The number of hydrogen-bond donors (Lipinski definition) is 2. The minimum Gasteiger partial charge on any atom is -0.422 e. The summed E-state index contributed by atoms with van der Waals surface area (Å²) in [4.78, 5) is 48.6. The highest BCUT2D eigenvalue weighted by Crippen LogP contribution is 2.38. The number of amides is 2. The van der Waals surface area contributed by atoms with Crippen LogP contribution in [0.4, 0.5) is 11.4 Å². The van der Waals surface area contributed by atoms with Gasteiger partial charge >= 0.3 is 5.97 Å². The van der Waals surface area contributed by atoms with E-state index in [1.165, 1.54) is 42.6 Å². The van der Waals surface area contributed by atoms with Gasteiger partial charge in [0.25, 0.3) is 11.6 Å². The van der Waals surface area contributed by atoms with Gasteiger partial charge in [0.1, 0.15) is 10.6 Å². The molecule has 0 aliphatic heterocycles. The SMILES string of the molecule is O=C(/C=C/c1ccccc1)Nc1ccc(C(=O)N/N=C\c2cc(Br)ccc2OC(=O)c2sc3cc([N+](=O)[O-])ccc3c2Cl)cc1. The topological polar surface area (TPSA) is 140 Å². The second-order valence-corrected chi connectivity index (χ2v) is 11.6. The standard InChI is InChI=1S/C32H20BrClN4O6S/c33-22-9-14-26(44-32(41)30-29(34)25-13-12-24(38(42)43)17-27(25)45-30)21(16-22)18-35-37-31(40)20-7-10-23(11-8-20)36-28(39)15-6-19-4-2-1-3-5-19/h1-18H,(H,36,39)(H,37,40)/b15-6+,35-18-. The van der Waals surface area contributed by atoms with Crippen LogP contribution in [0.1, 0.15) is 31.2 Å². The molecule has 0 bridgehead atoms. The number of nitrogens with zero attached hydrogens (tertiary/aromatic N) is 2. The normalized spacial score (nSPS) is 11.2. The Morgan fingerprint density at radius 3 is 2.47 bits per heavy atom. The number of non-ortho nitro benzene ring substituents is 1. The number of carbonyl (C=O) groups excluding carboxylic acids is 3. The van der Waals surface area contributed by atoms with Crippen LogP contribution < -0.4 is 15.5 Å². The van der Waals surface area contributed by atoms with Crippen LogP contribution in [0.2, 0.25) is 5.02 Å². The maximum absolute atomic E-state index is 13.0. The maximum Gasteiger partial charge on any atom is 0.355 e. The number of benzene rings is 4. The molecule has 1 aromatic heterocycles. The van der Waals surface area contributed by atoms with Crippen molar-refractivity contribution < 1.29 is 24.0 Å². The highest BCUT2D eigenvalue weighted by atomic mass is 79.9. The van der Waals surface area contributed by atoms with E-state index in [2.05, 4.69) is 31.8 Å². The van der Waals surface area contributed by atoms with E-state index in [1.54, 1.807) is 36.4 Å². The fraction of sp³-hybridized carbons (Fsp3) is 0. The molecule has 5 aromatic rings. The van der Waals surface area contributed by atoms with E-state index in [-0.39, 0.29) is 27.2 Å². The fourth-order valence-corrected chi connectivity index (χ4v) is 5.80. The summed E-state index contributed by atoms with van der Waals surface area (Å²) in [5, 5.41) is 18.5. The molecule has 0 atom stereocenters. The largest absolute Gasteiger partial charge is 0.422 e. The number of hydrogen-bond acceptors (Lipinski definition) is 8. The van der Waals surface area contributed by atoms with E-state index in [0.29, 0.717) is 31.4 Å². The first-order valence-corrected chi connectivity index (χ1v) is 15.0. The molecule has 0 saturated heterocycles. The molecular weight excluding hydrogens is 684 g/mol. The monoisotopic (exact) mass is 702 g/mol. The van der Waals surface area contributed by atoms with Crippen LogP contribution in [-0.4, -0.2) is 28.9 Å². The smallest absolute Gasteiger partial charge is 0.355 e. The molecule has 1 heterocycles. The van der Waals surface area contributed by atoms with Gasteiger partial charge in [0, 0.05) is 49.6 Å². The number of fused-ring (bicyclic) bond motifs is 1. The molecule has 0 unspecified atom stereocenters. The molecule has 13 heteroatoms. The van der Waals surface area contributed by atoms with E-state index < -0.39 is 16.8 Å². The molecule has 10 nitrogen and oxygen atoms in total. The summed E-state index contributed by atoms with van der Waals surface area (Å²) in [6.07, 6.45) is 4.43. The van der Waals surface area contributed by atoms with Crippen molar-refractivity contribution in [2.75, 3.05) is 5.32 Å². The van der Waals surface area contributed by atoms with E-state index in [1.807, 2.05) is 30.3 Å². The van der Waals surface area contributed by atoms with Gasteiger partial charge in [-0.25, -0.2) is 10.2 Å². The molecule has 0 radical (unpaired) electrons. The lowest BCUT2D eigenvalue weighted by Gasteiger charge is -2.08. The zero-order chi connectivity index (χ0) is 31.9. The van der Waals surface area contributed by atoms with Crippen molar-refractivity contribution in [3.63, 3.8) is 0 Å². The number of esters is 1. The van der Waals surface area contributed by atoms with Crippen LogP contribution in [0.5, 0.6) is 5.75 Å². The van der Waals surface area contributed by atoms with Gasteiger partial charge in [-0.05, 0) is 60.2 Å². The molecule has 5 rings (SSSR count). The Labute approximate surface area is 273 Å². The van der Waals surface area contributed by atoms with Crippen LogP contribution in [0.3, 0.4) is 0 Å². The van der Waals surface area contributed by atoms with Crippen molar-refractivity contribution >= 4 is 90.4 Å². The molecule has 0 fully saturated rings. The van der Waals surface area contributed by atoms with E-state index in [4.69, 9.17) is 16.3 Å². The lowest BCUT2D eigenvalue weighted by Crippen LogP contribution is -2.18. The fourth-order valence-electron chi connectivity index (χ4n) is 4.01. The number of carbonyl (C=O) groups is 3. The number of rotatable bonds is 9. The van der Waals surface area contributed by atoms with Crippen molar-refractivity contribution in [1.82, 2.24) is 5.43 Å². The molecule has 4 aromatic carbocycles. The Kier molecular flexibility index (Phi) is 9.78.